The molecule has 3 nitrogen and oxygen atoms in total. The second-order valence-corrected chi connectivity index (χ2v) is 5.04. The Morgan fingerprint density at radius 3 is 2.41 bits per heavy atom. The molecule has 0 aromatic carbocycles. The Balaban J connectivity index is 3.47. The lowest BCUT2D eigenvalue weighted by molar-refractivity contribution is -0.148. The van der Waals surface area contributed by atoms with Gasteiger partial charge in [-0.3, -0.25) is 4.79 Å². The van der Waals surface area contributed by atoms with E-state index in [1.54, 1.807) is 0 Å². The maximum absolute atomic E-state index is 11.6. The van der Waals surface area contributed by atoms with Gasteiger partial charge in [0.25, 0.3) is 0 Å². The largest absolute Gasteiger partial charge is 0.465 e. The van der Waals surface area contributed by atoms with E-state index in [2.05, 4.69) is 6.92 Å². The van der Waals surface area contributed by atoms with Gasteiger partial charge in [-0.05, 0) is 26.2 Å². The fourth-order valence-electron chi connectivity index (χ4n) is 1.71. The third-order valence-corrected chi connectivity index (χ3v) is 2.94. The van der Waals surface area contributed by atoms with Crippen LogP contribution in [0.15, 0.2) is 0 Å². The predicted octanol–water partition coefficient (Wildman–Crippen LogP) is 3.26. The second kappa shape index (κ2) is 10.6. The molecular formula is C14H29NO2. The molecule has 0 heterocycles. The molecule has 2 N–H and O–H groups in total. The number of unbranched alkanes of at least 4 members (excludes halogenated alkanes) is 3. The Labute approximate surface area is 106 Å². The van der Waals surface area contributed by atoms with Crippen LogP contribution in [0.25, 0.3) is 0 Å². The molecule has 0 fully saturated rings. The smallest absolute Gasteiger partial charge is 0.308 e. The molecule has 0 radical (unpaired) electrons. The van der Waals surface area contributed by atoms with E-state index in [-0.39, 0.29) is 17.9 Å². The van der Waals surface area contributed by atoms with E-state index in [0.29, 0.717) is 6.61 Å². The zero-order chi connectivity index (χ0) is 13.1. The van der Waals surface area contributed by atoms with Crippen molar-refractivity contribution in [2.75, 3.05) is 6.61 Å². The second-order valence-electron chi connectivity index (χ2n) is 5.04. The number of carbonyl (C=O) groups excluding carboxylic acids is 1. The number of carbonyl (C=O) groups is 1. The maximum atomic E-state index is 11.6. The minimum atomic E-state index is -0.0498. The van der Waals surface area contributed by atoms with Gasteiger partial charge in [-0.2, -0.15) is 0 Å². The van der Waals surface area contributed by atoms with Crippen molar-refractivity contribution >= 4 is 5.97 Å². The molecule has 0 rings (SSSR count). The molecule has 0 saturated heterocycles. The van der Waals surface area contributed by atoms with Gasteiger partial charge >= 0.3 is 5.97 Å². The van der Waals surface area contributed by atoms with E-state index in [1.807, 2.05) is 13.8 Å². The number of ether oxygens (including phenoxy) is 1. The molecule has 0 aliphatic rings. The van der Waals surface area contributed by atoms with Gasteiger partial charge in [-0.1, -0.05) is 39.5 Å². The number of nitrogens with two attached hydrogens (primary N) is 1. The minimum Gasteiger partial charge on any atom is -0.465 e. The lowest BCUT2D eigenvalue weighted by atomic mass is 10.0. The van der Waals surface area contributed by atoms with Crippen LogP contribution in [0.5, 0.6) is 0 Å². The van der Waals surface area contributed by atoms with Gasteiger partial charge in [0.2, 0.25) is 0 Å². The summed E-state index contributed by atoms with van der Waals surface area (Å²) in [5, 5.41) is 0. The van der Waals surface area contributed by atoms with Crippen molar-refractivity contribution in [1.29, 1.82) is 0 Å². The molecule has 0 bridgehead atoms. The van der Waals surface area contributed by atoms with Gasteiger partial charge in [-0.15, -0.1) is 0 Å². The van der Waals surface area contributed by atoms with Gasteiger partial charge in [0.1, 0.15) is 0 Å². The average Bonchev–Trinajstić information content (AvgIpc) is 2.27. The normalized spacial score (nSPS) is 14.4. The Morgan fingerprint density at radius 1 is 1.12 bits per heavy atom. The van der Waals surface area contributed by atoms with Gasteiger partial charge in [0.05, 0.1) is 12.5 Å². The summed E-state index contributed by atoms with van der Waals surface area (Å²) in [5.41, 5.74) is 5.67. The van der Waals surface area contributed by atoms with E-state index in [1.165, 1.54) is 12.8 Å². The van der Waals surface area contributed by atoms with Crippen LogP contribution < -0.4 is 5.73 Å². The van der Waals surface area contributed by atoms with Crippen LogP contribution in [-0.2, 0) is 9.53 Å². The van der Waals surface area contributed by atoms with E-state index in [0.717, 1.165) is 32.1 Å². The Bertz CT molecular complexity index is 193. The average molecular weight is 243 g/mol. The first kappa shape index (κ1) is 16.4. The monoisotopic (exact) mass is 243 g/mol. The van der Waals surface area contributed by atoms with Crippen molar-refractivity contribution in [2.45, 2.75) is 71.8 Å². The molecular weight excluding hydrogens is 214 g/mol. The van der Waals surface area contributed by atoms with Gasteiger partial charge in [0, 0.05) is 6.04 Å². The quantitative estimate of drug-likeness (QED) is 0.473. The van der Waals surface area contributed by atoms with Crippen LogP contribution in [0.3, 0.4) is 0 Å². The Kier molecular flexibility index (Phi) is 10.2. The summed E-state index contributed by atoms with van der Waals surface area (Å²) >= 11 is 0. The van der Waals surface area contributed by atoms with Crippen LogP contribution in [0.2, 0.25) is 0 Å². The first-order valence-corrected chi connectivity index (χ1v) is 7.00. The number of esters is 1. The van der Waals surface area contributed by atoms with E-state index < -0.39 is 0 Å². The SMILES string of the molecule is CCCCCCOC(=O)C(C)CCCC(C)N. The zero-order valence-electron chi connectivity index (χ0n) is 11.7. The summed E-state index contributed by atoms with van der Waals surface area (Å²) in [5.74, 6) is -0.0360. The van der Waals surface area contributed by atoms with E-state index >= 15 is 0 Å². The summed E-state index contributed by atoms with van der Waals surface area (Å²) in [6.45, 7) is 6.69. The molecule has 0 aromatic heterocycles. The lowest BCUT2D eigenvalue weighted by Crippen LogP contribution is -2.18. The third kappa shape index (κ3) is 10.3. The fourth-order valence-corrected chi connectivity index (χ4v) is 1.71. The molecule has 0 saturated carbocycles. The Hall–Kier alpha value is -0.570. The molecule has 0 spiro atoms. The van der Waals surface area contributed by atoms with Crippen molar-refractivity contribution in [3.05, 3.63) is 0 Å². The third-order valence-electron chi connectivity index (χ3n) is 2.94. The van der Waals surface area contributed by atoms with Crippen LogP contribution in [0.4, 0.5) is 0 Å². The topological polar surface area (TPSA) is 52.3 Å². The highest BCUT2D eigenvalue weighted by Crippen LogP contribution is 2.11. The minimum absolute atomic E-state index is 0.0138. The number of hydrogen-bond acceptors (Lipinski definition) is 3. The molecule has 102 valence electrons. The molecule has 0 aliphatic heterocycles. The summed E-state index contributed by atoms with van der Waals surface area (Å²) in [4.78, 5) is 11.6. The Morgan fingerprint density at radius 2 is 1.82 bits per heavy atom. The first-order chi connectivity index (χ1) is 8.07. The highest BCUT2D eigenvalue weighted by atomic mass is 16.5. The van der Waals surface area contributed by atoms with Crippen molar-refractivity contribution in [2.24, 2.45) is 11.7 Å². The molecule has 0 aliphatic carbocycles. The van der Waals surface area contributed by atoms with Gasteiger partial charge < -0.3 is 10.5 Å². The van der Waals surface area contributed by atoms with Crippen LogP contribution in [0.1, 0.15) is 65.7 Å². The van der Waals surface area contributed by atoms with E-state index in [4.69, 9.17) is 10.5 Å². The fraction of sp³-hybridized carbons (Fsp3) is 0.929. The van der Waals surface area contributed by atoms with Gasteiger partial charge in [-0.25, -0.2) is 0 Å². The highest BCUT2D eigenvalue weighted by molar-refractivity contribution is 5.71. The standard InChI is InChI=1S/C14H29NO2/c1-4-5-6-7-11-17-14(16)12(2)9-8-10-13(3)15/h12-13H,4-11,15H2,1-3H3. The molecule has 0 aromatic rings. The van der Waals surface area contributed by atoms with E-state index in [9.17, 15) is 4.79 Å². The molecule has 2 unspecified atom stereocenters. The summed E-state index contributed by atoms with van der Waals surface area (Å²) in [6, 6.07) is 0.229. The zero-order valence-corrected chi connectivity index (χ0v) is 11.7. The van der Waals surface area contributed by atoms with Crippen LogP contribution in [0, 0.1) is 5.92 Å². The molecule has 2 atom stereocenters. The van der Waals surface area contributed by atoms with Crippen LogP contribution >= 0.6 is 0 Å². The van der Waals surface area contributed by atoms with Crippen LogP contribution in [-0.4, -0.2) is 18.6 Å². The molecule has 17 heavy (non-hydrogen) atoms. The molecule has 0 amide bonds. The summed E-state index contributed by atoms with van der Waals surface area (Å²) < 4.78 is 5.24. The highest BCUT2D eigenvalue weighted by Gasteiger charge is 2.13. The summed E-state index contributed by atoms with van der Waals surface area (Å²) in [7, 11) is 0. The van der Waals surface area contributed by atoms with Crippen molar-refractivity contribution in [1.82, 2.24) is 0 Å². The molecule has 3 heteroatoms. The number of hydrogen-bond donors (Lipinski definition) is 1. The lowest BCUT2D eigenvalue weighted by Gasteiger charge is -2.12. The number of rotatable bonds is 10. The maximum Gasteiger partial charge on any atom is 0.308 e. The van der Waals surface area contributed by atoms with Crippen molar-refractivity contribution in [3.8, 4) is 0 Å². The predicted molar refractivity (Wildman–Crippen MR) is 71.8 cm³/mol. The summed E-state index contributed by atoms with van der Waals surface area (Å²) in [6.07, 6.45) is 7.45. The van der Waals surface area contributed by atoms with Crippen molar-refractivity contribution in [3.63, 3.8) is 0 Å². The van der Waals surface area contributed by atoms with Gasteiger partial charge in [0.15, 0.2) is 0 Å². The van der Waals surface area contributed by atoms with Crippen molar-refractivity contribution < 1.29 is 9.53 Å². The first-order valence-electron chi connectivity index (χ1n) is 7.00.